The molecular formula is C34H20N4. The number of para-hydroxylation sites is 1. The van der Waals surface area contributed by atoms with Crippen LogP contribution in [0.5, 0.6) is 0 Å². The van der Waals surface area contributed by atoms with E-state index in [-0.39, 0.29) is 11.8 Å². The van der Waals surface area contributed by atoms with E-state index in [1.165, 1.54) is 44.2 Å². The molecule has 0 spiro atoms. The third kappa shape index (κ3) is 2.37. The number of aromatic amines is 1. The van der Waals surface area contributed by atoms with Crippen LogP contribution >= 0.6 is 0 Å². The molecular weight excluding hydrogens is 464 g/mol. The van der Waals surface area contributed by atoms with E-state index >= 15 is 0 Å². The van der Waals surface area contributed by atoms with Crippen LogP contribution in [0.1, 0.15) is 50.8 Å². The Labute approximate surface area is 218 Å². The Balaban J connectivity index is 1.43. The lowest BCUT2D eigenvalue weighted by molar-refractivity contribution is 0.759. The lowest BCUT2D eigenvalue weighted by Crippen LogP contribution is -2.28. The molecule has 5 aromatic carbocycles. The van der Waals surface area contributed by atoms with E-state index < -0.39 is 0 Å². The Morgan fingerprint density at radius 1 is 0.711 bits per heavy atom. The molecule has 2 aromatic heterocycles. The van der Waals surface area contributed by atoms with Crippen LogP contribution in [0.3, 0.4) is 0 Å². The van der Waals surface area contributed by atoms with Gasteiger partial charge >= 0.3 is 0 Å². The standard InChI is InChI=1S/C34H20N4/c35-17-19-14-28-33(25-15-29-27(16-26(25)37-28)36-18-38(29)20-8-2-1-3-9-20)34-30(19)31-21-10-4-6-12-23(21)32(34)24-13-7-5-11-22(24)31/h1-16,18,31-32,37H. The number of hydrogen-bond donors (Lipinski definition) is 1. The number of hydrogen-bond acceptors (Lipinski definition) is 2. The maximum Gasteiger partial charge on any atom is 0.100 e. The van der Waals surface area contributed by atoms with Crippen molar-refractivity contribution in [3.8, 4) is 11.8 Å². The summed E-state index contributed by atoms with van der Waals surface area (Å²) in [7, 11) is 0. The average Bonchev–Trinajstić information content (AvgIpc) is 3.56. The third-order valence-electron chi connectivity index (χ3n) is 8.60. The minimum Gasteiger partial charge on any atom is -0.354 e. The number of nitrogens with one attached hydrogen (secondary N) is 1. The van der Waals surface area contributed by atoms with Crippen molar-refractivity contribution in [3.63, 3.8) is 0 Å². The van der Waals surface area contributed by atoms with Crippen LogP contribution in [0.15, 0.2) is 103 Å². The predicted octanol–water partition coefficient (Wildman–Crippen LogP) is 7.52. The number of fused-ring (bicyclic) bond motifs is 4. The summed E-state index contributed by atoms with van der Waals surface area (Å²) in [4.78, 5) is 8.38. The molecule has 176 valence electrons. The van der Waals surface area contributed by atoms with Crippen LogP contribution in [-0.4, -0.2) is 14.5 Å². The molecule has 4 nitrogen and oxygen atoms in total. The molecule has 0 aliphatic heterocycles. The first-order valence-electron chi connectivity index (χ1n) is 12.9. The second-order valence-electron chi connectivity index (χ2n) is 10.4. The van der Waals surface area contributed by atoms with Crippen LogP contribution in [0.2, 0.25) is 0 Å². The number of imidazole rings is 1. The van der Waals surface area contributed by atoms with E-state index in [9.17, 15) is 5.26 Å². The molecule has 0 amide bonds. The van der Waals surface area contributed by atoms with Crippen molar-refractivity contribution in [1.29, 1.82) is 5.26 Å². The molecule has 10 rings (SSSR count). The fourth-order valence-electron chi connectivity index (χ4n) is 7.15. The Bertz CT molecular complexity index is 2110. The molecule has 0 radical (unpaired) electrons. The van der Waals surface area contributed by atoms with Crippen molar-refractivity contribution < 1.29 is 0 Å². The van der Waals surface area contributed by atoms with E-state index in [0.29, 0.717) is 0 Å². The molecule has 0 saturated heterocycles. The highest BCUT2D eigenvalue weighted by Crippen LogP contribution is 2.58. The van der Waals surface area contributed by atoms with Crippen LogP contribution in [-0.2, 0) is 0 Å². The van der Waals surface area contributed by atoms with Crippen molar-refractivity contribution in [2.45, 2.75) is 11.8 Å². The van der Waals surface area contributed by atoms with Crippen LogP contribution in [0.4, 0.5) is 0 Å². The summed E-state index contributed by atoms with van der Waals surface area (Å²) < 4.78 is 2.15. The highest BCUT2D eigenvalue weighted by molar-refractivity contribution is 6.14. The molecule has 2 heterocycles. The summed E-state index contributed by atoms with van der Waals surface area (Å²) in [6, 6.07) is 37.0. The molecule has 0 fully saturated rings. The van der Waals surface area contributed by atoms with Gasteiger partial charge in [-0.2, -0.15) is 5.26 Å². The van der Waals surface area contributed by atoms with Crippen molar-refractivity contribution in [3.05, 3.63) is 142 Å². The Morgan fingerprint density at radius 3 is 2.00 bits per heavy atom. The summed E-state index contributed by atoms with van der Waals surface area (Å²) in [5.41, 5.74) is 13.7. The first kappa shape index (κ1) is 20.0. The summed E-state index contributed by atoms with van der Waals surface area (Å²) >= 11 is 0. The summed E-state index contributed by atoms with van der Waals surface area (Å²) in [6.07, 6.45) is 1.90. The van der Waals surface area contributed by atoms with Gasteiger partial charge in [0.1, 0.15) is 6.33 Å². The second kappa shape index (κ2) is 7.00. The maximum atomic E-state index is 10.4. The Kier molecular flexibility index (Phi) is 3.68. The molecule has 1 N–H and O–H groups in total. The van der Waals surface area contributed by atoms with Gasteiger partial charge in [0, 0.05) is 39.3 Å². The highest BCUT2D eigenvalue weighted by atomic mass is 15.0. The number of H-pyrrole nitrogens is 1. The van der Waals surface area contributed by atoms with E-state index in [2.05, 4.69) is 107 Å². The molecule has 0 unspecified atom stereocenters. The SMILES string of the molecule is N#Cc1cc2[nH]c3cc4ncn(-c5ccccc5)c4cc3c2c2c1C1c3ccccc3C2c2ccccc21. The zero-order chi connectivity index (χ0) is 25.0. The van der Waals surface area contributed by atoms with Gasteiger partial charge in [-0.3, -0.25) is 4.57 Å². The van der Waals surface area contributed by atoms with Gasteiger partial charge < -0.3 is 4.98 Å². The number of benzene rings is 5. The minimum atomic E-state index is 0.0602. The average molecular weight is 485 g/mol. The van der Waals surface area contributed by atoms with E-state index in [0.717, 1.165) is 33.3 Å². The molecule has 2 bridgehead atoms. The molecule has 7 aromatic rings. The molecule has 0 atom stereocenters. The van der Waals surface area contributed by atoms with Gasteiger partial charge in [-0.15, -0.1) is 0 Å². The number of nitriles is 1. The Hall–Kier alpha value is -5.14. The van der Waals surface area contributed by atoms with Crippen LogP contribution in [0.25, 0.3) is 38.5 Å². The highest BCUT2D eigenvalue weighted by Gasteiger charge is 2.43. The van der Waals surface area contributed by atoms with Crippen molar-refractivity contribution >= 4 is 32.8 Å². The normalized spacial score (nSPS) is 16.9. The quantitative estimate of drug-likeness (QED) is 0.262. The van der Waals surface area contributed by atoms with Gasteiger partial charge in [0.2, 0.25) is 0 Å². The summed E-state index contributed by atoms with van der Waals surface area (Å²) in [6.45, 7) is 0. The number of rotatable bonds is 1. The van der Waals surface area contributed by atoms with Gasteiger partial charge in [-0.05, 0) is 63.7 Å². The van der Waals surface area contributed by atoms with Gasteiger partial charge in [0.05, 0.1) is 22.7 Å². The molecule has 4 heteroatoms. The van der Waals surface area contributed by atoms with E-state index in [1.807, 2.05) is 12.4 Å². The van der Waals surface area contributed by atoms with Gasteiger partial charge in [-0.25, -0.2) is 4.98 Å². The number of nitrogens with zero attached hydrogens (tertiary/aromatic N) is 3. The van der Waals surface area contributed by atoms with Crippen molar-refractivity contribution in [1.82, 2.24) is 14.5 Å². The first-order valence-corrected chi connectivity index (χ1v) is 12.9. The zero-order valence-corrected chi connectivity index (χ0v) is 20.3. The van der Waals surface area contributed by atoms with Crippen molar-refractivity contribution in [2.24, 2.45) is 0 Å². The topological polar surface area (TPSA) is 57.4 Å². The molecule has 38 heavy (non-hydrogen) atoms. The predicted molar refractivity (Wildman–Crippen MR) is 150 cm³/mol. The molecule has 0 saturated carbocycles. The Morgan fingerprint density at radius 2 is 1.34 bits per heavy atom. The fourth-order valence-corrected chi connectivity index (χ4v) is 7.15. The third-order valence-corrected chi connectivity index (χ3v) is 8.60. The van der Waals surface area contributed by atoms with Gasteiger partial charge in [0.25, 0.3) is 0 Å². The van der Waals surface area contributed by atoms with Crippen molar-refractivity contribution in [2.75, 3.05) is 0 Å². The second-order valence-corrected chi connectivity index (χ2v) is 10.4. The van der Waals surface area contributed by atoms with Gasteiger partial charge in [0.15, 0.2) is 0 Å². The maximum absolute atomic E-state index is 10.4. The van der Waals surface area contributed by atoms with Gasteiger partial charge in [-0.1, -0.05) is 66.7 Å². The monoisotopic (exact) mass is 484 g/mol. The summed E-state index contributed by atoms with van der Waals surface area (Å²) in [5.74, 6) is 0.150. The van der Waals surface area contributed by atoms with Crippen LogP contribution < -0.4 is 0 Å². The number of aromatic nitrogens is 3. The minimum absolute atomic E-state index is 0.0602. The van der Waals surface area contributed by atoms with Crippen LogP contribution in [0, 0.1) is 11.3 Å². The van der Waals surface area contributed by atoms with E-state index in [4.69, 9.17) is 4.98 Å². The smallest absolute Gasteiger partial charge is 0.100 e. The zero-order valence-electron chi connectivity index (χ0n) is 20.3. The molecule has 3 aliphatic rings. The fraction of sp³-hybridized carbons (Fsp3) is 0.0588. The lowest BCUT2D eigenvalue weighted by atomic mass is 9.59. The first-order chi connectivity index (χ1) is 18.8. The van der Waals surface area contributed by atoms with E-state index in [1.54, 1.807) is 0 Å². The lowest BCUT2D eigenvalue weighted by Gasteiger charge is -2.43. The molecule has 3 aliphatic carbocycles. The summed E-state index contributed by atoms with van der Waals surface area (Å²) in [5, 5.41) is 12.8. The largest absolute Gasteiger partial charge is 0.354 e.